The Hall–Kier alpha value is -0.950. The molecule has 96 valence electrons. The molecule has 2 N–H and O–H groups in total. The summed E-state index contributed by atoms with van der Waals surface area (Å²) in [6, 6.07) is 7.74. The van der Waals surface area contributed by atoms with Crippen LogP contribution in [0.3, 0.4) is 0 Å². The first kappa shape index (κ1) is 13.5. The molecule has 0 bridgehead atoms. The third kappa shape index (κ3) is 2.56. The van der Waals surface area contributed by atoms with Crippen molar-refractivity contribution in [2.75, 3.05) is 13.1 Å². The molecule has 4 nitrogen and oxygen atoms in total. The minimum atomic E-state index is 0. The van der Waals surface area contributed by atoms with Crippen molar-refractivity contribution in [1.82, 2.24) is 15.3 Å². The summed E-state index contributed by atoms with van der Waals surface area (Å²) in [6.45, 7) is 1.85. The van der Waals surface area contributed by atoms with E-state index >= 15 is 0 Å². The van der Waals surface area contributed by atoms with Crippen LogP contribution in [0.1, 0.15) is 23.5 Å². The smallest absolute Gasteiger partial charge is 0.201 e. The SMILES string of the molecule is I.O=C(c1nc2ccccc2[nH]1)C1CCNCC1. The fraction of sp³-hybridized carbons (Fsp3) is 0.385. The van der Waals surface area contributed by atoms with Crippen molar-refractivity contribution >= 4 is 40.8 Å². The van der Waals surface area contributed by atoms with Crippen LogP contribution in [0.4, 0.5) is 0 Å². The van der Waals surface area contributed by atoms with Gasteiger partial charge in [0, 0.05) is 5.92 Å². The van der Waals surface area contributed by atoms with Crippen LogP contribution >= 0.6 is 24.0 Å². The molecule has 1 aromatic heterocycles. The maximum Gasteiger partial charge on any atom is 0.201 e. The monoisotopic (exact) mass is 357 g/mol. The van der Waals surface area contributed by atoms with Gasteiger partial charge in [-0.3, -0.25) is 4.79 Å². The molecule has 2 heterocycles. The average Bonchev–Trinajstić information content (AvgIpc) is 2.82. The number of benzene rings is 1. The van der Waals surface area contributed by atoms with Crippen LogP contribution in [0.25, 0.3) is 11.0 Å². The summed E-state index contributed by atoms with van der Waals surface area (Å²) in [5.41, 5.74) is 1.80. The highest BCUT2D eigenvalue weighted by Gasteiger charge is 2.24. The second-order valence-corrected chi connectivity index (χ2v) is 4.49. The van der Waals surface area contributed by atoms with Crippen LogP contribution in [0.2, 0.25) is 0 Å². The number of carbonyl (C=O) groups excluding carboxylic acids is 1. The number of aromatic amines is 1. The van der Waals surface area contributed by atoms with Crippen LogP contribution in [-0.4, -0.2) is 28.8 Å². The second kappa shape index (κ2) is 5.79. The predicted molar refractivity (Wildman–Crippen MR) is 81.4 cm³/mol. The summed E-state index contributed by atoms with van der Waals surface area (Å²) in [5.74, 6) is 0.789. The van der Waals surface area contributed by atoms with E-state index in [2.05, 4.69) is 15.3 Å². The van der Waals surface area contributed by atoms with Gasteiger partial charge >= 0.3 is 0 Å². The number of imidazole rings is 1. The highest BCUT2D eigenvalue weighted by molar-refractivity contribution is 14.0. The molecule has 2 aromatic rings. The van der Waals surface area contributed by atoms with Crippen LogP contribution in [0, 0.1) is 5.92 Å². The fourth-order valence-corrected chi connectivity index (χ4v) is 2.35. The summed E-state index contributed by atoms with van der Waals surface area (Å²) in [5, 5.41) is 3.26. The molecule has 0 amide bonds. The largest absolute Gasteiger partial charge is 0.335 e. The molecule has 3 rings (SSSR count). The molecular formula is C13H16IN3O. The van der Waals surface area contributed by atoms with Crippen molar-refractivity contribution < 1.29 is 4.79 Å². The number of fused-ring (bicyclic) bond motifs is 1. The van der Waals surface area contributed by atoms with Gasteiger partial charge in [-0.1, -0.05) is 12.1 Å². The number of aromatic nitrogens is 2. The first-order valence-electron chi connectivity index (χ1n) is 6.04. The maximum absolute atomic E-state index is 12.2. The predicted octanol–water partition coefficient (Wildman–Crippen LogP) is 2.36. The first-order chi connectivity index (χ1) is 8.34. The zero-order chi connectivity index (χ0) is 11.7. The van der Waals surface area contributed by atoms with E-state index < -0.39 is 0 Å². The molecular weight excluding hydrogens is 341 g/mol. The lowest BCUT2D eigenvalue weighted by Crippen LogP contribution is -2.32. The van der Waals surface area contributed by atoms with E-state index in [0.29, 0.717) is 5.82 Å². The van der Waals surface area contributed by atoms with Crippen molar-refractivity contribution in [2.24, 2.45) is 5.92 Å². The quantitative estimate of drug-likeness (QED) is 0.641. The van der Waals surface area contributed by atoms with Crippen molar-refractivity contribution in [3.63, 3.8) is 0 Å². The van der Waals surface area contributed by atoms with Gasteiger partial charge in [-0.15, -0.1) is 24.0 Å². The van der Waals surface area contributed by atoms with Gasteiger partial charge in [-0.2, -0.15) is 0 Å². The molecule has 0 saturated carbocycles. The molecule has 1 aromatic carbocycles. The van der Waals surface area contributed by atoms with Gasteiger partial charge in [0.05, 0.1) is 11.0 Å². The molecule has 1 fully saturated rings. The minimum Gasteiger partial charge on any atom is -0.335 e. The van der Waals surface area contributed by atoms with Gasteiger partial charge in [0.15, 0.2) is 5.82 Å². The van der Waals surface area contributed by atoms with Crippen molar-refractivity contribution in [1.29, 1.82) is 0 Å². The van der Waals surface area contributed by atoms with Gasteiger partial charge in [-0.25, -0.2) is 4.98 Å². The van der Waals surface area contributed by atoms with E-state index in [1.807, 2.05) is 24.3 Å². The number of carbonyl (C=O) groups is 1. The van der Waals surface area contributed by atoms with Gasteiger partial charge in [0.25, 0.3) is 0 Å². The molecule has 1 saturated heterocycles. The van der Waals surface area contributed by atoms with E-state index in [0.717, 1.165) is 37.0 Å². The molecule has 0 radical (unpaired) electrons. The third-order valence-corrected chi connectivity index (χ3v) is 3.33. The Morgan fingerprint density at radius 1 is 1.22 bits per heavy atom. The van der Waals surface area contributed by atoms with Gasteiger partial charge in [0.1, 0.15) is 0 Å². The fourth-order valence-electron chi connectivity index (χ4n) is 2.35. The summed E-state index contributed by atoms with van der Waals surface area (Å²) in [7, 11) is 0. The number of piperidine rings is 1. The molecule has 1 aliphatic rings. The van der Waals surface area contributed by atoms with Crippen LogP contribution in [0.5, 0.6) is 0 Å². The number of para-hydroxylation sites is 2. The zero-order valence-corrected chi connectivity index (χ0v) is 12.3. The standard InChI is InChI=1S/C13H15N3O.HI/c17-12(9-5-7-14-8-6-9)13-15-10-3-1-2-4-11(10)16-13;/h1-4,9,14H,5-8H2,(H,15,16);1H. The van der Waals surface area contributed by atoms with Gasteiger partial charge in [0.2, 0.25) is 5.78 Å². The minimum absolute atomic E-state index is 0. The Bertz CT molecular complexity index is 513. The number of Topliss-reactive ketones (excluding diaryl/α,β-unsaturated/α-hetero) is 1. The van der Waals surface area contributed by atoms with Crippen LogP contribution in [0.15, 0.2) is 24.3 Å². The van der Waals surface area contributed by atoms with Crippen molar-refractivity contribution in [3.8, 4) is 0 Å². The van der Waals surface area contributed by atoms with Crippen molar-refractivity contribution in [3.05, 3.63) is 30.1 Å². The molecule has 0 spiro atoms. The van der Waals surface area contributed by atoms with Gasteiger partial charge < -0.3 is 10.3 Å². The summed E-state index contributed by atoms with van der Waals surface area (Å²) in [6.07, 6.45) is 1.83. The van der Waals surface area contributed by atoms with Crippen LogP contribution in [-0.2, 0) is 0 Å². The van der Waals surface area contributed by atoms with Crippen LogP contribution < -0.4 is 5.32 Å². The molecule has 0 aliphatic carbocycles. The Morgan fingerprint density at radius 3 is 2.67 bits per heavy atom. The number of nitrogens with zero attached hydrogens (tertiary/aromatic N) is 1. The normalized spacial score (nSPS) is 16.4. The Balaban J connectivity index is 0.00000120. The third-order valence-electron chi connectivity index (χ3n) is 3.33. The number of halogens is 1. The van der Waals surface area contributed by atoms with Gasteiger partial charge in [-0.05, 0) is 38.1 Å². The molecule has 0 atom stereocenters. The molecule has 0 unspecified atom stereocenters. The molecule has 5 heteroatoms. The van der Waals surface area contributed by atoms with E-state index in [1.165, 1.54) is 0 Å². The zero-order valence-electron chi connectivity index (χ0n) is 9.98. The molecule has 18 heavy (non-hydrogen) atoms. The Morgan fingerprint density at radius 2 is 1.94 bits per heavy atom. The maximum atomic E-state index is 12.2. The number of nitrogens with one attached hydrogen (secondary N) is 2. The van der Waals surface area contributed by atoms with E-state index in [1.54, 1.807) is 0 Å². The Labute approximate surface area is 123 Å². The highest BCUT2D eigenvalue weighted by Crippen LogP contribution is 2.18. The van der Waals surface area contributed by atoms with Crippen molar-refractivity contribution in [2.45, 2.75) is 12.8 Å². The lowest BCUT2D eigenvalue weighted by molar-refractivity contribution is 0.0885. The number of hydrogen-bond donors (Lipinski definition) is 2. The molecule has 1 aliphatic heterocycles. The summed E-state index contributed by atoms with van der Waals surface area (Å²) >= 11 is 0. The highest BCUT2D eigenvalue weighted by atomic mass is 127. The number of ketones is 1. The first-order valence-corrected chi connectivity index (χ1v) is 6.04. The number of H-pyrrole nitrogens is 1. The summed E-state index contributed by atoms with van der Waals surface area (Å²) < 4.78 is 0. The van der Waals surface area contributed by atoms with E-state index in [9.17, 15) is 4.79 Å². The lowest BCUT2D eigenvalue weighted by Gasteiger charge is -2.20. The van der Waals surface area contributed by atoms with E-state index in [4.69, 9.17) is 0 Å². The van der Waals surface area contributed by atoms with E-state index in [-0.39, 0.29) is 35.7 Å². The lowest BCUT2D eigenvalue weighted by atomic mass is 9.93. The average molecular weight is 357 g/mol. The second-order valence-electron chi connectivity index (χ2n) is 4.49. The summed E-state index contributed by atoms with van der Waals surface area (Å²) in [4.78, 5) is 19.7. The number of rotatable bonds is 2. The number of hydrogen-bond acceptors (Lipinski definition) is 3. The topological polar surface area (TPSA) is 57.8 Å². The Kier molecular flexibility index (Phi) is 4.34.